The lowest BCUT2D eigenvalue weighted by atomic mass is 10.0. The predicted octanol–water partition coefficient (Wildman–Crippen LogP) is 4.18. The minimum absolute atomic E-state index is 0.133. The van der Waals surface area contributed by atoms with Gasteiger partial charge < -0.3 is 10.4 Å². The minimum atomic E-state index is -4.23. The zero-order valence-corrected chi connectivity index (χ0v) is 11.3. The quantitative estimate of drug-likeness (QED) is 0.867. The number of hydrogen-bond donors (Lipinski definition) is 2. The highest BCUT2D eigenvalue weighted by molar-refractivity contribution is 5.26. The van der Waals surface area contributed by atoms with Crippen LogP contribution in [-0.2, 0) is 6.54 Å². The lowest BCUT2D eigenvalue weighted by Crippen LogP contribution is -2.26. The molecule has 5 heteroatoms. The fraction of sp³-hybridized carbons (Fsp3) is 0.250. The van der Waals surface area contributed by atoms with Crippen LogP contribution in [0.1, 0.15) is 23.6 Å². The van der Waals surface area contributed by atoms with Gasteiger partial charge in [0.2, 0.25) is 0 Å². The van der Waals surface area contributed by atoms with Crippen LogP contribution >= 0.6 is 0 Å². The molecule has 0 aliphatic rings. The zero-order chi connectivity index (χ0) is 15.3. The molecule has 2 nitrogen and oxygen atoms in total. The summed E-state index contributed by atoms with van der Waals surface area (Å²) in [5.74, 6) is 0.133. The largest absolute Gasteiger partial charge is 0.508 e. The summed E-state index contributed by atoms with van der Waals surface area (Å²) in [6, 6.07) is 14.2. The molecule has 0 radical (unpaired) electrons. The van der Waals surface area contributed by atoms with Crippen molar-refractivity contribution in [2.45, 2.75) is 25.2 Å². The fourth-order valence-corrected chi connectivity index (χ4v) is 2.08. The highest BCUT2D eigenvalue weighted by Crippen LogP contribution is 2.29. The molecule has 2 aromatic rings. The van der Waals surface area contributed by atoms with Crippen molar-refractivity contribution in [1.82, 2.24) is 5.32 Å². The Hall–Kier alpha value is -2.01. The van der Waals surface area contributed by atoms with Crippen molar-refractivity contribution in [1.29, 1.82) is 0 Å². The maximum Gasteiger partial charge on any atom is 0.390 e. The van der Waals surface area contributed by atoms with E-state index < -0.39 is 18.6 Å². The highest BCUT2D eigenvalue weighted by Gasteiger charge is 2.32. The van der Waals surface area contributed by atoms with Crippen LogP contribution in [0.3, 0.4) is 0 Å². The number of alkyl halides is 3. The molecule has 0 aliphatic carbocycles. The molecule has 0 saturated carbocycles. The maximum absolute atomic E-state index is 12.7. The lowest BCUT2D eigenvalue weighted by molar-refractivity contribution is -0.140. The number of phenols is 1. The van der Waals surface area contributed by atoms with Crippen LogP contribution in [0.2, 0.25) is 0 Å². The molecular weight excluding hydrogens is 279 g/mol. The Kier molecular flexibility index (Phi) is 4.85. The van der Waals surface area contributed by atoms with Gasteiger partial charge in [0.25, 0.3) is 0 Å². The van der Waals surface area contributed by atoms with Crippen LogP contribution < -0.4 is 5.32 Å². The summed E-state index contributed by atoms with van der Waals surface area (Å²) in [6.07, 6.45) is -5.16. The third-order valence-corrected chi connectivity index (χ3v) is 3.13. The van der Waals surface area contributed by atoms with Crippen molar-refractivity contribution in [3.8, 4) is 5.75 Å². The molecule has 0 aromatic heterocycles. The van der Waals surface area contributed by atoms with Crippen LogP contribution in [0.15, 0.2) is 54.6 Å². The van der Waals surface area contributed by atoms with Gasteiger partial charge in [-0.25, -0.2) is 0 Å². The molecule has 112 valence electrons. The average Bonchev–Trinajstić information content (AvgIpc) is 2.45. The maximum atomic E-state index is 12.7. The molecule has 0 fully saturated rings. The molecule has 0 saturated heterocycles. The summed E-state index contributed by atoms with van der Waals surface area (Å²) >= 11 is 0. The molecule has 0 bridgehead atoms. The summed E-state index contributed by atoms with van der Waals surface area (Å²) in [5, 5.41) is 12.1. The molecule has 0 spiro atoms. The molecule has 21 heavy (non-hydrogen) atoms. The van der Waals surface area contributed by atoms with Crippen LogP contribution in [0, 0.1) is 0 Å². The number of phenolic OH excluding ortho intramolecular Hbond substituents is 1. The Morgan fingerprint density at radius 2 is 1.57 bits per heavy atom. The van der Waals surface area contributed by atoms with Crippen molar-refractivity contribution in [2.24, 2.45) is 0 Å². The van der Waals surface area contributed by atoms with E-state index >= 15 is 0 Å². The zero-order valence-electron chi connectivity index (χ0n) is 11.3. The average molecular weight is 295 g/mol. The third-order valence-electron chi connectivity index (χ3n) is 3.13. The van der Waals surface area contributed by atoms with Crippen molar-refractivity contribution >= 4 is 0 Å². The van der Waals surface area contributed by atoms with Gasteiger partial charge in [-0.2, -0.15) is 13.2 Å². The Bertz CT molecular complexity index is 552. The molecule has 0 amide bonds. The first-order valence-electron chi connectivity index (χ1n) is 6.57. The SMILES string of the molecule is Oc1ccc(CNC(CC(F)(F)F)c2ccccc2)cc1. The number of benzene rings is 2. The summed E-state index contributed by atoms with van der Waals surface area (Å²) in [7, 11) is 0. The fourth-order valence-electron chi connectivity index (χ4n) is 2.08. The molecule has 0 aliphatic heterocycles. The topological polar surface area (TPSA) is 32.3 Å². The van der Waals surface area contributed by atoms with Gasteiger partial charge in [-0.1, -0.05) is 42.5 Å². The van der Waals surface area contributed by atoms with Crippen LogP contribution in [0.5, 0.6) is 5.75 Å². The Morgan fingerprint density at radius 3 is 2.14 bits per heavy atom. The van der Waals surface area contributed by atoms with Crippen LogP contribution in [-0.4, -0.2) is 11.3 Å². The van der Waals surface area contributed by atoms with E-state index in [2.05, 4.69) is 5.32 Å². The van der Waals surface area contributed by atoms with Crippen LogP contribution in [0.25, 0.3) is 0 Å². The molecular formula is C16H16F3NO. The Morgan fingerprint density at radius 1 is 0.952 bits per heavy atom. The second-order valence-electron chi connectivity index (χ2n) is 4.83. The Labute approximate surface area is 121 Å². The normalized spacial score (nSPS) is 13.1. The summed E-state index contributed by atoms with van der Waals surface area (Å²) in [4.78, 5) is 0. The van der Waals surface area contributed by atoms with Gasteiger partial charge in [0.05, 0.1) is 6.42 Å². The first kappa shape index (κ1) is 15.4. The van der Waals surface area contributed by atoms with Gasteiger partial charge in [-0.3, -0.25) is 0 Å². The molecule has 2 aromatic carbocycles. The summed E-state index contributed by atoms with van der Waals surface area (Å²) in [5.41, 5.74) is 1.42. The number of hydrogen-bond acceptors (Lipinski definition) is 2. The molecule has 2 rings (SSSR count). The van der Waals surface area contributed by atoms with Crippen LogP contribution in [0.4, 0.5) is 13.2 Å². The number of halogens is 3. The van der Waals surface area contributed by atoms with E-state index in [9.17, 15) is 18.3 Å². The first-order valence-corrected chi connectivity index (χ1v) is 6.57. The van der Waals surface area contributed by atoms with E-state index in [0.29, 0.717) is 12.1 Å². The van der Waals surface area contributed by atoms with Gasteiger partial charge in [-0.15, -0.1) is 0 Å². The predicted molar refractivity (Wildman–Crippen MR) is 74.8 cm³/mol. The van der Waals surface area contributed by atoms with Gasteiger partial charge in [0.15, 0.2) is 0 Å². The molecule has 0 heterocycles. The lowest BCUT2D eigenvalue weighted by Gasteiger charge is -2.21. The minimum Gasteiger partial charge on any atom is -0.508 e. The highest BCUT2D eigenvalue weighted by atomic mass is 19.4. The van der Waals surface area contributed by atoms with E-state index in [0.717, 1.165) is 5.56 Å². The van der Waals surface area contributed by atoms with Crippen molar-refractivity contribution in [3.05, 3.63) is 65.7 Å². The number of rotatable bonds is 5. The van der Waals surface area contributed by atoms with E-state index in [1.54, 1.807) is 42.5 Å². The van der Waals surface area contributed by atoms with Crippen molar-refractivity contribution < 1.29 is 18.3 Å². The molecule has 2 N–H and O–H groups in total. The number of aromatic hydroxyl groups is 1. The van der Waals surface area contributed by atoms with E-state index in [1.807, 2.05) is 0 Å². The second kappa shape index (κ2) is 6.63. The van der Waals surface area contributed by atoms with Crippen molar-refractivity contribution in [3.63, 3.8) is 0 Å². The second-order valence-corrected chi connectivity index (χ2v) is 4.83. The van der Waals surface area contributed by atoms with E-state index in [1.165, 1.54) is 12.1 Å². The first-order chi connectivity index (χ1) is 9.94. The van der Waals surface area contributed by atoms with E-state index in [4.69, 9.17) is 0 Å². The monoisotopic (exact) mass is 295 g/mol. The smallest absolute Gasteiger partial charge is 0.390 e. The standard InChI is InChI=1S/C16H16F3NO/c17-16(18,19)10-15(13-4-2-1-3-5-13)20-11-12-6-8-14(21)9-7-12/h1-9,15,20-21H,10-11H2. The summed E-state index contributed by atoms with van der Waals surface area (Å²) in [6.45, 7) is 0.302. The van der Waals surface area contributed by atoms with Gasteiger partial charge in [0.1, 0.15) is 5.75 Å². The molecule has 1 unspecified atom stereocenters. The third kappa shape index (κ3) is 5.11. The van der Waals surface area contributed by atoms with E-state index in [-0.39, 0.29) is 5.75 Å². The Balaban J connectivity index is 2.07. The number of nitrogens with one attached hydrogen (secondary N) is 1. The summed E-state index contributed by atoms with van der Waals surface area (Å²) < 4.78 is 38.1. The molecule has 1 atom stereocenters. The van der Waals surface area contributed by atoms with Gasteiger partial charge in [-0.05, 0) is 23.3 Å². The van der Waals surface area contributed by atoms with Gasteiger partial charge >= 0.3 is 6.18 Å². The van der Waals surface area contributed by atoms with Crippen molar-refractivity contribution in [2.75, 3.05) is 0 Å². The van der Waals surface area contributed by atoms with Gasteiger partial charge in [0, 0.05) is 12.6 Å².